The highest BCUT2D eigenvalue weighted by molar-refractivity contribution is 6.31. The number of halogens is 3. The predicted molar refractivity (Wildman–Crippen MR) is 85.2 cm³/mol. The van der Waals surface area contributed by atoms with E-state index in [1.807, 2.05) is 29.7 Å². The third-order valence-electron chi connectivity index (χ3n) is 3.40. The van der Waals surface area contributed by atoms with Crippen molar-refractivity contribution in [1.29, 1.82) is 0 Å². The highest BCUT2D eigenvalue weighted by Crippen LogP contribution is 2.27. The first-order valence-corrected chi connectivity index (χ1v) is 7.51. The molecule has 1 heterocycles. The zero-order valence-electron chi connectivity index (χ0n) is 11.4. The molecule has 0 amide bonds. The van der Waals surface area contributed by atoms with Crippen LogP contribution in [0.4, 0.5) is 4.39 Å². The molecule has 0 fully saturated rings. The molecule has 0 N–H and O–H groups in total. The predicted octanol–water partition coefficient (Wildman–Crippen LogP) is 4.91. The molecular weight excluding hydrogens is 310 g/mol. The van der Waals surface area contributed by atoms with Crippen LogP contribution in [0.15, 0.2) is 36.4 Å². The molecule has 108 valence electrons. The van der Waals surface area contributed by atoms with Crippen molar-refractivity contribution in [3.8, 4) is 5.69 Å². The lowest BCUT2D eigenvalue weighted by atomic mass is 10.2. The molecule has 0 bridgehead atoms. The lowest BCUT2D eigenvalue weighted by Crippen LogP contribution is -2.04. The molecule has 21 heavy (non-hydrogen) atoms. The van der Waals surface area contributed by atoms with Crippen LogP contribution >= 0.6 is 23.2 Å². The third kappa shape index (κ3) is 2.63. The molecule has 0 unspecified atom stereocenters. The molecule has 2 nitrogen and oxygen atoms in total. The van der Waals surface area contributed by atoms with E-state index in [4.69, 9.17) is 23.2 Å². The lowest BCUT2D eigenvalue weighted by molar-refractivity contribution is 0.626. The van der Waals surface area contributed by atoms with Gasteiger partial charge in [0.25, 0.3) is 0 Å². The summed E-state index contributed by atoms with van der Waals surface area (Å²) < 4.78 is 15.3. The molecule has 0 radical (unpaired) electrons. The van der Waals surface area contributed by atoms with Gasteiger partial charge in [-0.15, -0.1) is 11.6 Å². The van der Waals surface area contributed by atoms with Crippen molar-refractivity contribution in [3.05, 3.63) is 58.6 Å². The maximum atomic E-state index is 13.3. The number of hydrogen-bond acceptors (Lipinski definition) is 1. The number of imidazole rings is 1. The Hall–Kier alpha value is -1.58. The summed E-state index contributed by atoms with van der Waals surface area (Å²) in [6.45, 7) is 1.87. The molecule has 3 rings (SSSR count). The minimum atomic E-state index is -0.252. The van der Waals surface area contributed by atoms with Crippen molar-refractivity contribution in [1.82, 2.24) is 9.55 Å². The number of alkyl halides is 1. The number of nitrogens with zero attached hydrogens (tertiary/aromatic N) is 2. The SMILES string of the molecule is Cc1cc(F)ccc1-n1c(CCCl)nc2ccc(Cl)cc21. The van der Waals surface area contributed by atoms with Crippen molar-refractivity contribution in [2.75, 3.05) is 5.88 Å². The molecule has 2 aromatic carbocycles. The average molecular weight is 323 g/mol. The van der Waals surface area contributed by atoms with Crippen LogP contribution < -0.4 is 0 Å². The molecule has 0 saturated carbocycles. The summed E-state index contributed by atoms with van der Waals surface area (Å²) >= 11 is 12.0. The maximum absolute atomic E-state index is 13.3. The van der Waals surface area contributed by atoms with Gasteiger partial charge in [-0.2, -0.15) is 0 Å². The Morgan fingerprint density at radius 3 is 2.71 bits per heavy atom. The minimum absolute atomic E-state index is 0.252. The first-order chi connectivity index (χ1) is 10.1. The van der Waals surface area contributed by atoms with Crippen molar-refractivity contribution in [2.24, 2.45) is 0 Å². The van der Waals surface area contributed by atoms with Crippen LogP contribution in [0, 0.1) is 12.7 Å². The van der Waals surface area contributed by atoms with E-state index in [2.05, 4.69) is 4.98 Å². The molecule has 0 spiro atoms. The van der Waals surface area contributed by atoms with Crippen LogP contribution in [-0.2, 0) is 6.42 Å². The first kappa shape index (κ1) is 14.4. The van der Waals surface area contributed by atoms with Gasteiger partial charge in [-0.25, -0.2) is 9.37 Å². The zero-order chi connectivity index (χ0) is 15.0. The van der Waals surface area contributed by atoms with Gasteiger partial charge in [-0.05, 0) is 48.9 Å². The quantitative estimate of drug-likeness (QED) is 0.626. The van der Waals surface area contributed by atoms with Crippen LogP contribution in [0.3, 0.4) is 0 Å². The molecule has 0 aliphatic carbocycles. The number of aromatic nitrogens is 2. The third-order valence-corrected chi connectivity index (χ3v) is 3.83. The average Bonchev–Trinajstić information content (AvgIpc) is 2.77. The van der Waals surface area contributed by atoms with Gasteiger partial charge in [-0.3, -0.25) is 4.57 Å². The van der Waals surface area contributed by atoms with Gasteiger partial charge in [-0.1, -0.05) is 11.6 Å². The van der Waals surface area contributed by atoms with E-state index >= 15 is 0 Å². The molecule has 5 heteroatoms. The van der Waals surface area contributed by atoms with Gasteiger partial charge in [0.05, 0.1) is 16.7 Å². The standard InChI is InChI=1S/C16H13Cl2FN2/c1-10-8-12(19)3-5-14(10)21-15-9-11(18)2-4-13(15)20-16(21)6-7-17/h2-5,8-9H,6-7H2,1H3. The van der Waals surface area contributed by atoms with Crippen molar-refractivity contribution < 1.29 is 4.39 Å². The molecule has 1 aromatic heterocycles. The summed E-state index contributed by atoms with van der Waals surface area (Å²) in [4.78, 5) is 4.61. The van der Waals surface area contributed by atoms with Crippen molar-refractivity contribution in [2.45, 2.75) is 13.3 Å². The Labute approximate surface area is 132 Å². The highest BCUT2D eigenvalue weighted by atomic mass is 35.5. The normalized spacial score (nSPS) is 11.2. The van der Waals surface area contributed by atoms with E-state index in [1.165, 1.54) is 12.1 Å². The number of rotatable bonds is 3. The van der Waals surface area contributed by atoms with Crippen LogP contribution in [0.1, 0.15) is 11.4 Å². The van der Waals surface area contributed by atoms with Gasteiger partial charge >= 0.3 is 0 Å². The second-order valence-corrected chi connectivity index (χ2v) is 5.68. The first-order valence-electron chi connectivity index (χ1n) is 6.59. The van der Waals surface area contributed by atoms with E-state index < -0.39 is 0 Å². The molecule has 0 aliphatic heterocycles. The van der Waals surface area contributed by atoms with E-state index in [-0.39, 0.29) is 5.82 Å². The highest BCUT2D eigenvalue weighted by Gasteiger charge is 2.14. The minimum Gasteiger partial charge on any atom is -0.296 e. The molecule has 3 aromatic rings. The maximum Gasteiger partial charge on any atom is 0.123 e. The molecular formula is C16H13Cl2FN2. The van der Waals surface area contributed by atoms with E-state index in [0.29, 0.717) is 17.3 Å². The van der Waals surface area contributed by atoms with E-state index in [0.717, 1.165) is 28.1 Å². The van der Waals surface area contributed by atoms with Gasteiger partial charge in [0.1, 0.15) is 11.6 Å². The summed E-state index contributed by atoms with van der Waals surface area (Å²) in [5.74, 6) is 1.06. The monoisotopic (exact) mass is 322 g/mol. The van der Waals surface area contributed by atoms with Gasteiger partial charge in [0.15, 0.2) is 0 Å². The summed E-state index contributed by atoms with van der Waals surface area (Å²) in [5, 5.41) is 0.640. The van der Waals surface area contributed by atoms with E-state index in [1.54, 1.807) is 6.07 Å². The second-order valence-electron chi connectivity index (χ2n) is 4.87. The smallest absolute Gasteiger partial charge is 0.123 e. The van der Waals surface area contributed by atoms with Crippen LogP contribution in [0.2, 0.25) is 5.02 Å². The number of aryl methyl sites for hydroxylation is 2. The largest absolute Gasteiger partial charge is 0.296 e. The number of hydrogen-bond donors (Lipinski definition) is 0. The fraction of sp³-hybridized carbons (Fsp3) is 0.188. The van der Waals surface area contributed by atoms with Crippen molar-refractivity contribution >= 4 is 34.2 Å². The summed E-state index contributed by atoms with van der Waals surface area (Å²) in [7, 11) is 0. The lowest BCUT2D eigenvalue weighted by Gasteiger charge is -2.12. The summed E-state index contributed by atoms with van der Waals surface area (Å²) in [5.41, 5.74) is 3.48. The van der Waals surface area contributed by atoms with Gasteiger partial charge in [0.2, 0.25) is 0 Å². The summed E-state index contributed by atoms with van der Waals surface area (Å²) in [6.07, 6.45) is 0.630. The van der Waals surface area contributed by atoms with E-state index in [9.17, 15) is 4.39 Å². The number of fused-ring (bicyclic) bond motifs is 1. The zero-order valence-corrected chi connectivity index (χ0v) is 12.9. The topological polar surface area (TPSA) is 17.8 Å². The Balaban J connectivity index is 2.32. The van der Waals surface area contributed by atoms with Crippen LogP contribution in [-0.4, -0.2) is 15.4 Å². The van der Waals surface area contributed by atoms with Crippen molar-refractivity contribution in [3.63, 3.8) is 0 Å². The fourth-order valence-corrected chi connectivity index (χ4v) is 2.82. The fourth-order valence-electron chi connectivity index (χ4n) is 2.49. The van der Waals surface area contributed by atoms with Gasteiger partial charge in [0, 0.05) is 17.3 Å². The molecule has 0 saturated heterocycles. The second kappa shape index (κ2) is 5.66. The Morgan fingerprint density at radius 2 is 2.00 bits per heavy atom. The Morgan fingerprint density at radius 1 is 1.19 bits per heavy atom. The molecule has 0 aliphatic rings. The van der Waals surface area contributed by atoms with Crippen LogP contribution in [0.5, 0.6) is 0 Å². The molecule has 0 atom stereocenters. The number of benzene rings is 2. The Bertz CT molecular complexity index is 811. The van der Waals surface area contributed by atoms with Gasteiger partial charge < -0.3 is 0 Å². The Kier molecular flexibility index (Phi) is 3.87. The van der Waals surface area contributed by atoms with Crippen LogP contribution in [0.25, 0.3) is 16.7 Å². The summed E-state index contributed by atoms with van der Waals surface area (Å²) in [6, 6.07) is 10.3.